The number of carbonyl (C=O) groups excluding carboxylic acids is 2. The van der Waals surface area contributed by atoms with Crippen molar-refractivity contribution in [3.63, 3.8) is 0 Å². The fourth-order valence-corrected chi connectivity index (χ4v) is 1.61. The molecule has 0 aliphatic heterocycles. The Bertz CT molecular complexity index is 503. The molecule has 0 heterocycles. The van der Waals surface area contributed by atoms with Crippen LogP contribution in [0.4, 0.5) is 0 Å². The molecule has 0 fully saturated rings. The van der Waals surface area contributed by atoms with Crippen LogP contribution >= 0.6 is 12.2 Å². The number of benzene rings is 1. The van der Waals surface area contributed by atoms with Crippen molar-refractivity contribution in [2.24, 2.45) is 0 Å². The fourth-order valence-electron chi connectivity index (χ4n) is 1.41. The molecule has 0 aliphatic carbocycles. The second kappa shape index (κ2) is 8.91. The zero-order valence-electron chi connectivity index (χ0n) is 12.1. The maximum absolute atomic E-state index is 11.8. The van der Waals surface area contributed by atoms with Gasteiger partial charge in [-0.3, -0.25) is 20.4 Å². The Morgan fingerprint density at radius 1 is 1.19 bits per heavy atom. The third kappa shape index (κ3) is 6.71. The molecule has 2 amide bonds. The van der Waals surface area contributed by atoms with Crippen LogP contribution in [0.1, 0.15) is 37.0 Å². The van der Waals surface area contributed by atoms with E-state index < -0.39 is 0 Å². The second-order valence-corrected chi connectivity index (χ2v) is 4.72. The molecule has 0 saturated heterocycles. The molecule has 6 nitrogen and oxygen atoms in total. The van der Waals surface area contributed by atoms with Gasteiger partial charge in [-0.05, 0) is 42.9 Å². The number of ether oxygens (including phenoxy) is 1. The first kappa shape index (κ1) is 16.9. The molecule has 0 bridgehead atoms. The van der Waals surface area contributed by atoms with E-state index in [-0.39, 0.29) is 16.9 Å². The maximum Gasteiger partial charge on any atom is 0.269 e. The zero-order valence-corrected chi connectivity index (χ0v) is 12.9. The van der Waals surface area contributed by atoms with Crippen LogP contribution in [-0.4, -0.2) is 23.5 Å². The van der Waals surface area contributed by atoms with Crippen LogP contribution in [0.2, 0.25) is 0 Å². The summed E-state index contributed by atoms with van der Waals surface area (Å²) >= 11 is 4.80. The molecule has 0 aliphatic rings. The number of thiocarbonyl (C=S) groups is 1. The number of rotatable bonds is 5. The molecule has 7 heteroatoms. The van der Waals surface area contributed by atoms with Gasteiger partial charge in [0, 0.05) is 12.5 Å². The molecule has 0 unspecified atom stereocenters. The summed E-state index contributed by atoms with van der Waals surface area (Å²) in [6.45, 7) is 4.08. The highest BCUT2D eigenvalue weighted by molar-refractivity contribution is 7.80. The molecular weight excluding hydrogens is 290 g/mol. The van der Waals surface area contributed by atoms with Crippen molar-refractivity contribution >= 4 is 29.1 Å². The van der Waals surface area contributed by atoms with Gasteiger partial charge in [0.1, 0.15) is 5.75 Å². The van der Waals surface area contributed by atoms with Gasteiger partial charge in [-0.2, -0.15) is 0 Å². The summed E-state index contributed by atoms with van der Waals surface area (Å²) in [4.78, 5) is 22.6. The molecule has 1 aromatic rings. The van der Waals surface area contributed by atoms with Crippen LogP contribution in [0.25, 0.3) is 0 Å². The van der Waals surface area contributed by atoms with Crippen LogP contribution < -0.4 is 20.9 Å². The van der Waals surface area contributed by atoms with Crippen LogP contribution in [0, 0.1) is 0 Å². The predicted molar refractivity (Wildman–Crippen MR) is 83.9 cm³/mol. The van der Waals surface area contributed by atoms with E-state index in [0.717, 1.165) is 18.6 Å². The lowest BCUT2D eigenvalue weighted by Gasteiger charge is -2.10. The Morgan fingerprint density at radius 3 is 2.43 bits per heavy atom. The van der Waals surface area contributed by atoms with Gasteiger partial charge >= 0.3 is 0 Å². The summed E-state index contributed by atoms with van der Waals surface area (Å²) in [6, 6.07) is 6.77. The Balaban J connectivity index is 2.44. The summed E-state index contributed by atoms with van der Waals surface area (Å²) in [5.41, 5.74) is 5.28. The van der Waals surface area contributed by atoms with Gasteiger partial charge < -0.3 is 10.1 Å². The average Bonchev–Trinajstić information content (AvgIpc) is 2.45. The minimum absolute atomic E-state index is 0.0374. The number of hydrogen-bond acceptors (Lipinski definition) is 4. The monoisotopic (exact) mass is 309 g/mol. The first-order valence-electron chi connectivity index (χ1n) is 6.63. The van der Waals surface area contributed by atoms with E-state index in [0.29, 0.717) is 12.2 Å². The third-order valence-corrected chi connectivity index (χ3v) is 2.67. The highest BCUT2D eigenvalue weighted by Gasteiger charge is 2.06. The summed E-state index contributed by atoms with van der Waals surface area (Å²) in [5, 5.41) is 2.37. The first-order valence-corrected chi connectivity index (χ1v) is 7.04. The van der Waals surface area contributed by atoms with Crippen molar-refractivity contribution in [1.82, 2.24) is 16.2 Å². The van der Waals surface area contributed by atoms with Gasteiger partial charge in [0.25, 0.3) is 5.91 Å². The summed E-state index contributed by atoms with van der Waals surface area (Å²) < 4.78 is 5.51. The smallest absolute Gasteiger partial charge is 0.269 e. The summed E-state index contributed by atoms with van der Waals surface area (Å²) in [5.74, 6) is 0.0554. The molecule has 114 valence electrons. The molecule has 21 heavy (non-hydrogen) atoms. The maximum atomic E-state index is 11.8. The van der Waals surface area contributed by atoms with E-state index >= 15 is 0 Å². The van der Waals surface area contributed by atoms with E-state index in [2.05, 4.69) is 23.1 Å². The SMILES string of the molecule is CCCCOc1ccc(C(=O)NNC(=S)NC(C)=O)cc1. The topological polar surface area (TPSA) is 79.5 Å². The standard InChI is InChI=1S/C14H19N3O3S/c1-3-4-9-20-12-7-5-11(6-8-12)13(19)16-17-14(21)15-10(2)18/h5-8H,3-4,9H2,1-2H3,(H,16,19)(H2,15,17,18,21). The third-order valence-electron chi connectivity index (χ3n) is 2.46. The lowest BCUT2D eigenvalue weighted by molar-refractivity contribution is -0.117. The van der Waals surface area contributed by atoms with Gasteiger partial charge in [-0.25, -0.2) is 0 Å². The van der Waals surface area contributed by atoms with Crippen molar-refractivity contribution in [2.45, 2.75) is 26.7 Å². The average molecular weight is 309 g/mol. The van der Waals surface area contributed by atoms with E-state index in [1.807, 2.05) is 0 Å². The minimum atomic E-state index is -0.359. The van der Waals surface area contributed by atoms with E-state index in [4.69, 9.17) is 17.0 Å². The molecule has 0 aromatic heterocycles. The van der Waals surface area contributed by atoms with Crippen LogP contribution in [0.5, 0.6) is 5.75 Å². The Labute approximate surface area is 129 Å². The van der Waals surface area contributed by atoms with Crippen molar-refractivity contribution in [3.05, 3.63) is 29.8 Å². The van der Waals surface area contributed by atoms with Gasteiger partial charge in [0.2, 0.25) is 5.91 Å². The molecule has 1 aromatic carbocycles. The number of hydrazine groups is 1. The zero-order chi connectivity index (χ0) is 15.7. The largest absolute Gasteiger partial charge is 0.494 e. The lowest BCUT2D eigenvalue weighted by atomic mass is 10.2. The number of unbranched alkanes of at least 4 members (excludes halogenated alkanes) is 1. The highest BCUT2D eigenvalue weighted by Crippen LogP contribution is 2.12. The van der Waals surface area contributed by atoms with Gasteiger partial charge in [0.05, 0.1) is 6.61 Å². The van der Waals surface area contributed by atoms with E-state index in [9.17, 15) is 9.59 Å². The van der Waals surface area contributed by atoms with E-state index in [1.54, 1.807) is 24.3 Å². The molecule has 3 N–H and O–H groups in total. The second-order valence-electron chi connectivity index (χ2n) is 4.32. The summed E-state index contributed by atoms with van der Waals surface area (Å²) in [6.07, 6.45) is 2.06. The van der Waals surface area contributed by atoms with Crippen LogP contribution in [0.3, 0.4) is 0 Å². The minimum Gasteiger partial charge on any atom is -0.494 e. The van der Waals surface area contributed by atoms with Gasteiger partial charge in [-0.1, -0.05) is 13.3 Å². The molecule has 0 saturated carbocycles. The van der Waals surface area contributed by atoms with E-state index in [1.165, 1.54) is 6.92 Å². The Hall–Kier alpha value is -2.15. The normalized spacial score (nSPS) is 9.62. The highest BCUT2D eigenvalue weighted by atomic mass is 32.1. The quantitative estimate of drug-likeness (QED) is 0.437. The number of hydrogen-bond donors (Lipinski definition) is 3. The number of carbonyl (C=O) groups is 2. The molecule has 0 radical (unpaired) electrons. The Kier molecular flexibility index (Phi) is 7.17. The predicted octanol–water partition coefficient (Wildman–Crippen LogP) is 1.52. The molecule has 0 spiro atoms. The van der Waals surface area contributed by atoms with Crippen molar-refractivity contribution in [3.8, 4) is 5.75 Å². The van der Waals surface area contributed by atoms with Crippen LogP contribution in [-0.2, 0) is 4.79 Å². The number of nitrogens with one attached hydrogen (secondary N) is 3. The van der Waals surface area contributed by atoms with Crippen LogP contribution in [0.15, 0.2) is 24.3 Å². The number of amides is 2. The Morgan fingerprint density at radius 2 is 1.86 bits per heavy atom. The van der Waals surface area contributed by atoms with Crippen molar-refractivity contribution < 1.29 is 14.3 Å². The molecular formula is C14H19N3O3S. The van der Waals surface area contributed by atoms with Crippen molar-refractivity contribution in [1.29, 1.82) is 0 Å². The first-order chi connectivity index (χ1) is 10.0. The fraction of sp³-hybridized carbons (Fsp3) is 0.357. The molecule has 0 atom stereocenters. The lowest BCUT2D eigenvalue weighted by Crippen LogP contribution is -2.47. The summed E-state index contributed by atoms with van der Waals surface area (Å²) in [7, 11) is 0. The molecule has 1 rings (SSSR count). The van der Waals surface area contributed by atoms with Gasteiger partial charge in [0.15, 0.2) is 5.11 Å². The van der Waals surface area contributed by atoms with Gasteiger partial charge in [-0.15, -0.1) is 0 Å². The van der Waals surface area contributed by atoms with Crippen molar-refractivity contribution in [2.75, 3.05) is 6.61 Å².